The second-order valence-electron chi connectivity index (χ2n) is 6.45. The second kappa shape index (κ2) is 5.11. The highest BCUT2D eigenvalue weighted by molar-refractivity contribution is 5.17. The summed E-state index contributed by atoms with van der Waals surface area (Å²) in [6.07, 6.45) is 3.86. The lowest BCUT2D eigenvalue weighted by molar-refractivity contribution is 0.0165. The van der Waals surface area contributed by atoms with Crippen LogP contribution >= 0.6 is 0 Å². The van der Waals surface area contributed by atoms with Gasteiger partial charge in [0, 0.05) is 38.3 Å². The maximum absolute atomic E-state index is 4.23. The van der Waals surface area contributed by atoms with E-state index >= 15 is 0 Å². The van der Waals surface area contributed by atoms with E-state index in [2.05, 4.69) is 37.1 Å². The first kappa shape index (κ1) is 13.1. The fraction of sp³-hybridized carbons (Fsp3) is 0.867. The molecule has 17 heavy (non-hydrogen) atoms. The first-order valence-electron chi connectivity index (χ1n) is 7.20. The second-order valence-corrected chi connectivity index (χ2v) is 6.45. The highest BCUT2D eigenvalue weighted by Gasteiger charge is 2.45. The van der Waals surface area contributed by atoms with Crippen molar-refractivity contribution in [3.05, 3.63) is 12.2 Å². The van der Waals surface area contributed by atoms with Crippen molar-refractivity contribution in [2.75, 3.05) is 32.7 Å². The number of hydrogen-bond acceptors (Lipinski definition) is 2. The summed E-state index contributed by atoms with van der Waals surface area (Å²) in [5.41, 5.74) is 1.88. The molecule has 2 heteroatoms. The summed E-state index contributed by atoms with van der Waals surface area (Å²) in [4.78, 5) is 5.38. The van der Waals surface area contributed by atoms with Crippen LogP contribution in [-0.2, 0) is 0 Å². The lowest BCUT2D eigenvalue weighted by Crippen LogP contribution is -2.59. The smallest absolute Gasteiger partial charge is 0.0377 e. The summed E-state index contributed by atoms with van der Waals surface area (Å²) in [5.74, 6) is 0.782. The Morgan fingerprint density at radius 3 is 2.76 bits per heavy atom. The van der Waals surface area contributed by atoms with Crippen molar-refractivity contribution in [1.29, 1.82) is 0 Å². The molecule has 0 aliphatic carbocycles. The van der Waals surface area contributed by atoms with Gasteiger partial charge in [0.25, 0.3) is 0 Å². The Kier molecular flexibility index (Phi) is 3.94. The van der Waals surface area contributed by atoms with E-state index in [-0.39, 0.29) is 0 Å². The molecule has 2 aliphatic rings. The van der Waals surface area contributed by atoms with Gasteiger partial charge in [-0.1, -0.05) is 39.3 Å². The van der Waals surface area contributed by atoms with Crippen molar-refractivity contribution in [1.82, 2.24) is 9.80 Å². The van der Waals surface area contributed by atoms with Gasteiger partial charge in [-0.25, -0.2) is 0 Å². The maximum atomic E-state index is 4.23. The number of hydrogen-bond donors (Lipinski definition) is 0. The molecule has 2 fully saturated rings. The number of fused-ring (bicyclic) bond motifs is 1. The van der Waals surface area contributed by atoms with Crippen molar-refractivity contribution >= 4 is 0 Å². The van der Waals surface area contributed by atoms with E-state index in [0.29, 0.717) is 5.54 Å². The zero-order chi connectivity index (χ0) is 12.5. The Morgan fingerprint density at radius 1 is 1.35 bits per heavy atom. The molecule has 0 radical (unpaired) electrons. The molecule has 0 aromatic heterocycles. The standard InChI is InChI=1S/C15H28N2/c1-5-6-15-9-14(4)11-17(15)8-7-16(12-15)10-13(2)3/h13H,4-12H2,1-3H3. The van der Waals surface area contributed by atoms with Crippen LogP contribution < -0.4 is 0 Å². The van der Waals surface area contributed by atoms with Crippen molar-refractivity contribution in [2.24, 2.45) is 5.92 Å². The molecule has 98 valence electrons. The normalized spacial score (nSPS) is 31.2. The van der Waals surface area contributed by atoms with E-state index in [4.69, 9.17) is 0 Å². The van der Waals surface area contributed by atoms with Gasteiger partial charge < -0.3 is 0 Å². The third-order valence-electron chi connectivity index (χ3n) is 4.21. The average molecular weight is 236 g/mol. The molecule has 2 saturated heterocycles. The van der Waals surface area contributed by atoms with Crippen LogP contribution in [0.15, 0.2) is 12.2 Å². The minimum atomic E-state index is 0.430. The molecule has 0 spiro atoms. The monoisotopic (exact) mass is 236 g/mol. The van der Waals surface area contributed by atoms with Gasteiger partial charge in [-0.15, -0.1) is 0 Å². The molecule has 0 amide bonds. The Hall–Kier alpha value is -0.340. The summed E-state index contributed by atoms with van der Waals surface area (Å²) in [5, 5.41) is 0. The molecule has 2 nitrogen and oxygen atoms in total. The predicted molar refractivity (Wildman–Crippen MR) is 74.2 cm³/mol. The summed E-state index contributed by atoms with van der Waals surface area (Å²) >= 11 is 0. The first-order valence-corrected chi connectivity index (χ1v) is 7.20. The van der Waals surface area contributed by atoms with Gasteiger partial charge in [0.2, 0.25) is 0 Å². The van der Waals surface area contributed by atoms with Crippen LogP contribution in [0.1, 0.15) is 40.0 Å². The fourth-order valence-corrected chi connectivity index (χ4v) is 3.76. The van der Waals surface area contributed by atoms with Crippen LogP contribution in [0.25, 0.3) is 0 Å². The zero-order valence-electron chi connectivity index (χ0n) is 11.8. The molecule has 0 N–H and O–H groups in total. The van der Waals surface area contributed by atoms with Crippen LogP contribution in [0.5, 0.6) is 0 Å². The van der Waals surface area contributed by atoms with Crippen LogP contribution in [0.3, 0.4) is 0 Å². The van der Waals surface area contributed by atoms with Crippen molar-refractivity contribution in [3.63, 3.8) is 0 Å². The van der Waals surface area contributed by atoms with Gasteiger partial charge in [0.05, 0.1) is 0 Å². The summed E-state index contributed by atoms with van der Waals surface area (Å²) < 4.78 is 0. The van der Waals surface area contributed by atoms with Gasteiger partial charge in [-0.05, 0) is 18.8 Å². The molecule has 0 aromatic rings. The molecule has 1 unspecified atom stereocenters. The molecule has 0 saturated carbocycles. The fourth-order valence-electron chi connectivity index (χ4n) is 3.76. The lowest BCUT2D eigenvalue weighted by Gasteiger charge is -2.47. The molecule has 1 atom stereocenters. The highest BCUT2D eigenvalue weighted by atomic mass is 15.3. The molecule has 2 heterocycles. The largest absolute Gasteiger partial charge is 0.300 e. The van der Waals surface area contributed by atoms with Gasteiger partial charge in [-0.3, -0.25) is 9.80 Å². The number of piperazine rings is 1. The molecule has 0 bridgehead atoms. The topological polar surface area (TPSA) is 6.48 Å². The van der Waals surface area contributed by atoms with E-state index in [1.807, 2.05) is 0 Å². The van der Waals surface area contributed by atoms with Gasteiger partial charge >= 0.3 is 0 Å². The molecule has 2 aliphatic heterocycles. The van der Waals surface area contributed by atoms with Crippen LogP contribution in [0.4, 0.5) is 0 Å². The summed E-state index contributed by atoms with van der Waals surface area (Å²) in [7, 11) is 0. The highest BCUT2D eigenvalue weighted by Crippen LogP contribution is 2.38. The SMILES string of the molecule is C=C1CN2CCN(CC(C)C)CC2(CCC)C1. The molecular formula is C15H28N2. The van der Waals surface area contributed by atoms with Gasteiger partial charge in [0.15, 0.2) is 0 Å². The Labute approximate surface area is 107 Å². The lowest BCUT2D eigenvalue weighted by atomic mass is 9.87. The van der Waals surface area contributed by atoms with Crippen LogP contribution in [0.2, 0.25) is 0 Å². The van der Waals surface area contributed by atoms with Crippen molar-refractivity contribution < 1.29 is 0 Å². The van der Waals surface area contributed by atoms with E-state index in [0.717, 1.165) is 12.5 Å². The van der Waals surface area contributed by atoms with Gasteiger partial charge in [-0.2, -0.15) is 0 Å². The quantitative estimate of drug-likeness (QED) is 0.693. The van der Waals surface area contributed by atoms with E-state index in [1.54, 1.807) is 0 Å². The van der Waals surface area contributed by atoms with Crippen LogP contribution in [0, 0.1) is 5.92 Å². The van der Waals surface area contributed by atoms with E-state index < -0.39 is 0 Å². The third kappa shape index (κ3) is 2.74. The van der Waals surface area contributed by atoms with Gasteiger partial charge in [0.1, 0.15) is 0 Å². The Bertz CT molecular complexity index is 285. The molecular weight excluding hydrogens is 208 g/mol. The van der Waals surface area contributed by atoms with Crippen LogP contribution in [-0.4, -0.2) is 48.1 Å². The number of nitrogens with zero attached hydrogens (tertiary/aromatic N) is 2. The van der Waals surface area contributed by atoms with Crippen molar-refractivity contribution in [3.8, 4) is 0 Å². The molecule has 2 rings (SSSR count). The Morgan fingerprint density at radius 2 is 2.12 bits per heavy atom. The molecule has 0 aromatic carbocycles. The Balaban J connectivity index is 2.07. The van der Waals surface area contributed by atoms with E-state index in [9.17, 15) is 0 Å². The maximum Gasteiger partial charge on any atom is 0.0377 e. The summed E-state index contributed by atoms with van der Waals surface area (Å²) in [6, 6.07) is 0. The minimum absolute atomic E-state index is 0.430. The summed E-state index contributed by atoms with van der Waals surface area (Å²) in [6.45, 7) is 17.4. The number of rotatable bonds is 4. The minimum Gasteiger partial charge on any atom is -0.300 e. The first-order chi connectivity index (χ1) is 8.05. The third-order valence-corrected chi connectivity index (χ3v) is 4.21. The van der Waals surface area contributed by atoms with Crippen molar-refractivity contribution in [2.45, 2.75) is 45.6 Å². The zero-order valence-corrected chi connectivity index (χ0v) is 11.8. The predicted octanol–water partition coefficient (Wildman–Crippen LogP) is 2.76. The average Bonchev–Trinajstić information content (AvgIpc) is 2.52. The van der Waals surface area contributed by atoms with E-state index in [1.165, 1.54) is 51.0 Å².